The van der Waals surface area contributed by atoms with Crippen LogP contribution in [-0.4, -0.2) is 15.0 Å². The molecule has 10 rings (SSSR count). The zero-order valence-corrected chi connectivity index (χ0v) is 27.5. The number of rotatable bonds is 5. The van der Waals surface area contributed by atoms with Crippen molar-refractivity contribution in [3.63, 3.8) is 0 Å². The molecule has 0 saturated carbocycles. The lowest BCUT2D eigenvalue weighted by molar-refractivity contribution is 0.670. The first-order valence-corrected chi connectivity index (χ1v) is 17.1. The van der Waals surface area contributed by atoms with Crippen LogP contribution in [-0.2, 0) is 0 Å². The molecule has 0 fully saturated rings. The number of hydrogen-bond acceptors (Lipinski definition) is 4. The average Bonchev–Trinajstić information content (AvgIpc) is 3.57. The van der Waals surface area contributed by atoms with Gasteiger partial charge < -0.3 is 4.42 Å². The predicted molar refractivity (Wildman–Crippen MR) is 209 cm³/mol. The second-order valence-electron chi connectivity index (χ2n) is 12.9. The highest BCUT2D eigenvalue weighted by Gasteiger charge is 2.18. The highest BCUT2D eigenvalue weighted by molar-refractivity contribution is 6.14. The minimum Gasteiger partial charge on any atom is -0.455 e. The summed E-state index contributed by atoms with van der Waals surface area (Å²) in [5.74, 6) is 1.88. The van der Waals surface area contributed by atoms with Crippen LogP contribution in [0, 0.1) is 0 Å². The Hall–Kier alpha value is -6.91. The van der Waals surface area contributed by atoms with Crippen molar-refractivity contribution in [3.05, 3.63) is 176 Å². The maximum Gasteiger partial charge on any atom is 0.164 e. The molecule has 0 saturated heterocycles. The van der Waals surface area contributed by atoms with E-state index in [1.807, 2.05) is 60.7 Å². The molecule has 0 bridgehead atoms. The maximum absolute atomic E-state index is 6.77. The average molecular weight is 652 g/mol. The molecule has 2 heterocycles. The Balaban J connectivity index is 1.19. The topological polar surface area (TPSA) is 51.8 Å². The highest BCUT2D eigenvalue weighted by Crippen LogP contribution is 2.42. The summed E-state index contributed by atoms with van der Waals surface area (Å²) in [6.07, 6.45) is 0. The quantitative estimate of drug-likeness (QED) is 0.186. The first-order valence-electron chi connectivity index (χ1n) is 17.1. The van der Waals surface area contributed by atoms with Gasteiger partial charge in [0.1, 0.15) is 11.2 Å². The number of nitrogens with zero attached hydrogens (tertiary/aromatic N) is 3. The van der Waals surface area contributed by atoms with E-state index >= 15 is 0 Å². The summed E-state index contributed by atoms with van der Waals surface area (Å²) in [5, 5.41) is 6.95. The van der Waals surface area contributed by atoms with Gasteiger partial charge in [0.2, 0.25) is 0 Å². The van der Waals surface area contributed by atoms with Crippen LogP contribution >= 0.6 is 0 Å². The fourth-order valence-electron chi connectivity index (χ4n) is 7.08. The largest absolute Gasteiger partial charge is 0.455 e. The molecule has 0 radical (unpaired) electrons. The van der Waals surface area contributed by atoms with Crippen molar-refractivity contribution in [3.8, 4) is 56.4 Å². The van der Waals surface area contributed by atoms with E-state index in [0.717, 1.165) is 66.3 Å². The van der Waals surface area contributed by atoms with Crippen LogP contribution in [0.5, 0.6) is 0 Å². The van der Waals surface area contributed by atoms with E-state index in [1.54, 1.807) is 0 Å². The van der Waals surface area contributed by atoms with Crippen molar-refractivity contribution < 1.29 is 4.42 Å². The first-order chi connectivity index (χ1) is 25.2. The second-order valence-corrected chi connectivity index (χ2v) is 12.9. The summed E-state index contributed by atoms with van der Waals surface area (Å²) >= 11 is 0. The number of fused-ring (bicyclic) bond motifs is 5. The van der Waals surface area contributed by atoms with E-state index in [4.69, 9.17) is 19.4 Å². The van der Waals surface area contributed by atoms with E-state index in [2.05, 4.69) is 115 Å². The van der Waals surface area contributed by atoms with Crippen LogP contribution < -0.4 is 0 Å². The van der Waals surface area contributed by atoms with E-state index < -0.39 is 0 Å². The fourth-order valence-corrected chi connectivity index (χ4v) is 7.08. The fraction of sp³-hybridized carbons (Fsp3) is 0. The maximum atomic E-state index is 6.77. The van der Waals surface area contributed by atoms with Gasteiger partial charge in [-0.25, -0.2) is 15.0 Å². The van der Waals surface area contributed by atoms with Crippen LogP contribution in [0.3, 0.4) is 0 Å². The standard InChI is InChI=1S/C47H29N3O/c1-3-13-31(14-4-1)45-48-46(32-15-5-2-6-16-32)50-47(49-45)38-21-11-20-37(25-38)40-27-39(36-23-22-30-12-7-8-17-33(30)24-36)28-42-41-26-34-18-9-10-19-35(34)29-43(41)51-44(40)42/h1-29H. The molecule has 0 atom stereocenters. The third-order valence-electron chi connectivity index (χ3n) is 9.65. The van der Waals surface area contributed by atoms with Crippen LogP contribution in [0.25, 0.3) is 99.9 Å². The summed E-state index contributed by atoms with van der Waals surface area (Å²) < 4.78 is 6.77. The van der Waals surface area contributed by atoms with E-state index in [9.17, 15) is 0 Å². The minimum absolute atomic E-state index is 0.613. The first kappa shape index (κ1) is 29.0. The number of furan rings is 1. The van der Waals surface area contributed by atoms with Crippen molar-refractivity contribution in [2.24, 2.45) is 0 Å². The number of hydrogen-bond donors (Lipinski definition) is 0. The molecular weight excluding hydrogens is 623 g/mol. The van der Waals surface area contributed by atoms with Gasteiger partial charge in [-0.3, -0.25) is 0 Å². The van der Waals surface area contributed by atoms with Crippen molar-refractivity contribution in [1.82, 2.24) is 15.0 Å². The van der Waals surface area contributed by atoms with Crippen LogP contribution in [0.4, 0.5) is 0 Å². The zero-order chi connectivity index (χ0) is 33.7. The molecule has 0 spiro atoms. The molecule has 0 N–H and O–H groups in total. The lowest BCUT2D eigenvalue weighted by Crippen LogP contribution is -2.00. The molecule has 4 nitrogen and oxygen atoms in total. The molecule has 10 aromatic rings. The van der Waals surface area contributed by atoms with Crippen LogP contribution in [0.2, 0.25) is 0 Å². The SMILES string of the molecule is c1ccc(-c2nc(-c3ccccc3)nc(-c3cccc(-c4cc(-c5ccc6ccccc6c5)cc5c4oc4cc6ccccc6cc45)c3)n2)cc1. The summed E-state index contributed by atoms with van der Waals surface area (Å²) in [4.78, 5) is 14.9. The van der Waals surface area contributed by atoms with E-state index in [1.165, 1.54) is 16.2 Å². The summed E-state index contributed by atoms with van der Waals surface area (Å²) in [7, 11) is 0. The highest BCUT2D eigenvalue weighted by atomic mass is 16.3. The van der Waals surface area contributed by atoms with Crippen molar-refractivity contribution in [1.29, 1.82) is 0 Å². The molecule has 238 valence electrons. The Morgan fingerprint density at radius 1 is 0.314 bits per heavy atom. The van der Waals surface area contributed by atoms with E-state index in [-0.39, 0.29) is 0 Å². The monoisotopic (exact) mass is 651 g/mol. The normalized spacial score (nSPS) is 11.5. The van der Waals surface area contributed by atoms with Gasteiger partial charge in [-0.15, -0.1) is 0 Å². The molecular formula is C47H29N3O. The van der Waals surface area contributed by atoms with Gasteiger partial charge in [0.25, 0.3) is 0 Å². The van der Waals surface area contributed by atoms with Gasteiger partial charge in [-0.1, -0.05) is 140 Å². The Morgan fingerprint density at radius 3 is 1.55 bits per heavy atom. The van der Waals surface area contributed by atoms with Crippen LogP contribution in [0.15, 0.2) is 180 Å². The molecule has 0 amide bonds. The molecule has 2 aromatic heterocycles. The van der Waals surface area contributed by atoms with Gasteiger partial charge in [0, 0.05) is 33.0 Å². The Labute approximate surface area is 294 Å². The van der Waals surface area contributed by atoms with Crippen LogP contribution in [0.1, 0.15) is 0 Å². The van der Waals surface area contributed by atoms with Gasteiger partial charge in [-0.05, 0) is 74.6 Å². The van der Waals surface area contributed by atoms with Gasteiger partial charge >= 0.3 is 0 Å². The summed E-state index contributed by atoms with van der Waals surface area (Å²) in [6, 6.07) is 61.2. The molecule has 8 aromatic carbocycles. The third kappa shape index (κ3) is 5.22. The summed E-state index contributed by atoms with van der Waals surface area (Å²) in [6.45, 7) is 0. The summed E-state index contributed by atoms with van der Waals surface area (Å²) in [5.41, 5.74) is 8.81. The van der Waals surface area contributed by atoms with Gasteiger partial charge in [0.15, 0.2) is 17.5 Å². The van der Waals surface area contributed by atoms with E-state index in [0.29, 0.717) is 17.5 Å². The van der Waals surface area contributed by atoms with Gasteiger partial charge in [-0.2, -0.15) is 0 Å². The van der Waals surface area contributed by atoms with Crippen molar-refractivity contribution >= 4 is 43.5 Å². The Morgan fingerprint density at radius 2 is 0.863 bits per heavy atom. The number of aromatic nitrogens is 3. The Kier molecular flexibility index (Phi) is 6.78. The van der Waals surface area contributed by atoms with Crippen molar-refractivity contribution in [2.45, 2.75) is 0 Å². The lowest BCUT2D eigenvalue weighted by atomic mass is 9.93. The predicted octanol–water partition coefficient (Wildman–Crippen LogP) is 12.4. The lowest BCUT2D eigenvalue weighted by Gasteiger charge is -2.11. The van der Waals surface area contributed by atoms with Gasteiger partial charge in [0.05, 0.1) is 0 Å². The minimum atomic E-state index is 0.613. The number of benzene rings is 8. The van der Waals surface area contributed by atoms with Crippen molar-refractivity contribution in [2.75, 3.05) is 0 Å². The Bertz CT molecular complexity index is 2860. The molecule has 0 aliphatic carbocycles. The zero-order valence-electron chi connectivity index (χ0n) is 27.5. The molecule has 0 unspecified atom stereocenters. The molecule has 51 heavy (non-hydrogen) atoms. The molecule has 4 heteroatoms. The molecule has 0 aliphatic heterocycles. The smallest absolute Gasteiger partial charge is 0.164 e. The third-order valence-corrected chi connectivity index (χ3v) is 9.65. The second kappa shape index (κ2) is 11.9. The molecule has 0 aliphatic rings.